The SMILES string of the molecule is CC(C)c1cc(-c2cccs2)n[nH]1.CC(C)c1ccn[nH]1. The van der Waals surface area contributed by atoms with E-state index in [0.29, 0.717) is 11.8 Å². The van der Waals surface area contributed by atoms with Gasteiger partial charge in [0, 0.05) is 17.6 Å². The normalized spacial score (nSPS) is 10.8. The lowest BCUT2D eigenvalue weighted by Gasteiger charge is -1.96. The molecule has 5 heteroatoms. The topological polar surface area (TPSA) is 57.4 Å². The van der Waals surface area contributed by atoms with Gasteiger partial charge in [0.25, 0.3) is 0 Å². The second-order valence-electron chi connectivity index (χ2n) is 5.51. The van der Waals surface area contributed by atoms with Gasteiger partial charge in [-0.1, -0.05) is 33.8 Å². The predicted octanol–water partition coefficient (Wildman–Crippen LogP) is 4.79. The zero-order chi connectivity index (χ0) is 15.2. The van der Waals surface area contributed by atoms with E-state index in [-0.39, 0.29) is 0 Å². The minimum atomic E-state index is 0.515. The van der Waals surface area contributed by atoms with Crippen molar-refractivity contribution in [2.24, 2.45) is 0 Å². The minimum Gasteiger partial charge on any atom is -0.282 e. The highest BCUT2D eigenvalue weighted by molar-refractivity contribution is 7.13. The number of thiophene rings is 1. The standard InChI is InChI=1S/C10H12N2S.C6H10N2/c1-7(2)8-6-9(12-11-8)10-4-3-5-13-10;1-5(2)6-3-4-7-8-6/h3-7H,1-2H3,(H,11,12);3-5H,1-2H3,(H,7,8). The predicted molar refractivity (Wildman–Crippen MR) is 88.7 cm³/mol. The minimum absolute atomic E-state index is 0.515. The Labute approximate surface area is 129 Å². The first kappa shape index (κ1) is 15.5. The molecule has 0 aliphatic heterocycles. The molecule has 3 aromatic rings. The number of nitrogens with one attached hydrogen (secondary N) is 2. The van der Waals surface area contributed by atoms with Crippen LogP contribution in [0.2, 0.25) is 0 Å². The molecule has 3 aromatic heterocycles. The summed E-state index contributed by atoms with van der Waals surface area (Å²) < 4.78 is 0. The Morgan fingerprint density at radius 1 is 1.00 bits per heavy atom. The first-order chi connectivity index (χ1) is 10.1. The highest BCUT2D eigenvalue weighted by atomic mass is 32.1. The first-order valence-corrected chi connectivity index (χ1v) is 8.04. The molecular formula is C16H22N4S. The second kappa shape index (κ2) is 7.22. The fraction of sp³-hybridized carbons (Fsp3) is 0.375. The van der Waals surface area contributed by atoms with E-state index >= 15 is 0 Å². The monoisotopic (exact) mass is 302 g/mol. The number of H-pyrrole nitrogens is 2. The number of hydrogen-bond acceptors (Lipinski definition) is 3. The first-order valence-electron chi connectivity index (χ1n) is 7.16. The summed E-state index contributed by atoms with van der Waals surface area (Å²) in [4.78, 5) is 1.23. The summed E-state index contributed by atoms with van der Waals surface area (Å²) in [5, 5.41) is 16.1. The highest BCUT2D eigenvalue weighted by Gasteiger charge is 2.06. The Bertz CT molecular complexity index is 621. The lowest BCUT2D eigenvalue weighted by molar-refractivity contribution is 0.810. The van der Waals surface area contributed by atoms with E-state index in [0.717, 1.165) is 5.69 Å². The summed E-state index contributed by atoms with van der Waals surface area (Å²) >= 11 is 1.72. The van der Waals surface area contributed by atoms with Crippen LogP contribution in [0, 0.1) is 0 Å². The van der Waals surface area contributed by atoms with Crippen LogP contribution in [0.1, 0.15) is 50.9 Å². The summed E-state index contributed by atoms with van der Waals surface area (Å²) in [7, 11) is 0. The van der Waals surface area contributed by atoms with Gasteiger partial charge in [-0.15, -0.1) is 11.3 Å². The van der Waals surface area contributed by atoms with Gasteiger partial charge in [-0.25, -0.2) is 0 Å². The molecule has 0 saturated carbocycles. The van der Waals surface area contributed by atoms with Crippen LogP contribution < -0.4 is 0 Å². The summed E-state index contributed by atoms with van der Waals surface area (Å²) in [6.45, 7) is 8.58. The van der Waals surface area contributed by atoms with Crippen molar-refractivity contribution in [3.8, 4) is 10.6 Å². The number of rotatable bonds is 3. The smallest absolute Gasteiger partial charge is 0.102 e. The van der Waals surface area contributed by atoms with E-state index in [1.54, 1.807) is 17.5 Å². The third kappa shape index (κ3) is 4.29. The molecule has 0 aliphatic carbocycles. The van der Waals surface area contributed by atoms with Gasteiger partial charge in [-0.2, -0.15) is 10.2 Å². The van der Waals surface area contributed by atoms with Crippen molar-refractivity contribution in [3.63, 3.8) is 0 Å². The molecule has 0 saturated heterocycles. The quantitative estimate of drug-likeness (QED) is 0.730. The molecule has 0 bridgehead atoms. The molecule has 112 valence electrons. The molecule has 0 unspecified atom stereocenters. The molecule has 0 aliphatic rings. The molecule has 0 aromatic carbocycles. The van der Waals surface area contributed by atoms with E-state index in [4.69, 9.17) is 0 Å². The van der Waals surface area contributed by atoms with Gasteiger partial charge < -0.3 is 0 Å². The third-order valence-electron chi connectivity index (χ3n) is 3.14. The van der Waals surface area contributed by atoms with Crippen LogP contribution in [0.3, 0.4) is 0 Å². The molecule has 2 N–H and O–H groups in total. The van der Waals surface area contributed by atoms with Crippen LogP contribution in [0.5, 0.6) is 0 Å². The van der Waals surface area contributed by atoms with E-state index in [9.17, 15) is 0 Å². The molecular weight excluding hydrogens is 280 g/mol. The fourth-order valence-electron chi connectivity index (χ4n) is 1.77. The molecule has 4 nitrogen and oxygen atoms in total. The van der Waals surface area contributed by atoms with E-state index in [1.165, 1.54) is 16.3 Å². The fourth-order valence-corrected chi connectivity index (χ4v) is 2.46. The number of aromatic nitrogens is 4. The Balaban J connectivity index is 0.000000173. The van der Waals surface area contributed by atoms with Crippen molar-refractivity contribution in [2.75, 3.05) is 0 Å². The number of nitrogens with zero attached hydrogens (tertiary/aromatic N) is 2. The Morgan fingerprint density at radius 3 is 2.19 bits per heavy atom. The molecule has 0 atom stereocenters. The van der Waals surface area contributed by atoms with Gasteiger partial charge in [0.05, 0.1) is 4.88 Å². The zero-order valence-electron chi connectivity index (χ0n) is 12.9. The van der Waals surface area contributed by atoms with Crippen LogP contribution >= 0.6 is 11.3 Å². The van der Waals surface area contributed by atoms with Gasteiger partial charge in [0.1, 0.15) is 5.69 Å². The molecule has 0 spiro atoms. The van der Waals surface area contributed by atoms with Crippen molar-refractivity contribution < 1.29 is 0 Å². The molecule has 3 heterocycles. The van der Waals surface area contributed by atoms with Gasteiger partial charge in [-0.05, 0) is 35.4 Å². The van der Waals surface area contributed by atoms with Crippen molar-refractivity contribution in [1.29, 1.82) is 0 Å². The maximum absolute atomic E-state index is 4.27. The molecule has 21 heavy (non-hydrogen) atoms. The lowest BCUT2D eigenvalue weighted by Crippen LogP contribution is -1.85. The third-order valence-corrected chi connectivity index (χ3v) is 4.03. The Kier molecular flexibility index (Phi) is 5.33. The summed E-state index contributed by atoms with van der Waals surface area (Å²) in [5.74, 6) is 1.08. The summed E-state index contributed by atoms with van der Waals surface area (Å²) in [6.07, 6.45) is 1.77. The largest absolute Gasteiger partial charge is 0.282 e. The Morgan fingerprint density at radius 2 is 1.76 bits per heavy atom. The average Bonchev–Trinajstić information content (AvgIpc) is 3.21. The molecule has 3 rings (SSSR count). The number of aromatic amines is 2. The van der Waals surface area contributed by atoms with Gasteiger partial charge in [0.15, 0.2) is 0 Å². The van der Waals surface area contributed by atoms with Gasteiger partial charge in [0.2, 0.25) is 0 Å². The van der Waals surface area contributed by atoms with Gasteiger partial charge in [-0.3, -0.25) is 10.2 Å². The van der Waals surface area contributed by atoms with Crippen LogP contribution in [-0.2, 0) is 0 Å². The Hall–Kier alpha value is -1.88. The van der Waals surface area contributed by atoms with Crippen LogP contribution in [-0.4, -0.2) is 20.4 Å². The maximum Gasteiger partial charge on any atom is 0.102 e. The molecule has 0 fully saturated rings. The van der Waals surface area contributed by atoms with Crippen molar-refractivity contribution >= 4 is 11.3 Å². The van der Waals surface area contributed by atoms with Gasteiger partial charge >= 0.3 is 0 Å². The van der Waals surface area contributed by atoms with E-state index < -0.39 is 0 Å². The maximum atomic E-state index is 4.27. The van der Waals surface area contributed by atoms with E-state index in [1.807, 2.05) is 12.1 Å². The second-order valence-corrected chi connectivity index (χ2v) is 6.45. The zero-order valence-corrected chi connectivity index (χ0v) is 13.7. The lowest BCUT2D eigenvalue weighted by atomic mass is 10.1. The highest BCUT2D eigenvalue weighted by Crippen LogP contribution is 2.24. The summed E-state index contributed by atoms with van der Waals surface area (Å²) in [6, 6.07) is 8.25. The van der Waals surface area contributed by atoms with E-state index in [2.05, 4.69) is 65.6 Å². The number of hydrogen-bond donors (Lipinski definition) is 2. The molecule has 0 amide bonds. The van der Waals surface area contributed by atoms with Crippen molar-refractivity contribution in [3.05, 3.63) is 47.2 Å². The van der Waals surface area contributed by atoms with Crippen LogP contribution in [0.4, 0.5) is 0 Å². The van der Waals surface area contributed by atoms with Crippen molar-refractivity contribution in [1.82, 2.24) is 20.4 Å². The molecule has 0 radical (unpaired) electrons. The van der Waals surface area contributed by atoms with Crippen LogP contribution in [0.25, 0.3) is 10.6 Å². The average molecular weight is 302 g/mol. The summed E-state index contributed by atoms with van der Waals surface area (Å²) in [5.41, 5.74) is 3.45. The van der Waals surface area contributed by atoms with Crippen LogP contribution in [0.15, 0.2) is 35.8 Å². The van der Waals surface area contributed by atoms with Crippen molar-refractivity contribution in [2.45, 2.75) is 39.5 Å².